The molecule has 0 bridgehead atoms. The fourth-order valence-electron chi connectivity index (χ4n) is 3.17. The topological polar surface area (TPSA) is 40.6 Å². The van der Waals surface area contributed by atoms with Gasteiger partial charge in [0.15, 0.2) is 4.34 Å². The Balaban J connectivity index is 1.86. The van der Waals surface area contributed by atoms with Crippen LogP contribution in [0.3, 0.4) is 0 Å². The molecule has 0 fully saturated rings. The number of nitrogens with zero attached hydrogens (tertiary/aromatic N) is 1. The van der Waals surface area contributed by atoms with Crippen LogP contribution >= 0.6 is 42.8 Å². The molecule has 0 aliphatic heterocycles. The molecule has 0 aliphatic carbocycles. The van der Waals surface area contributed by atoms with Crippen LogP contribution in [0.25, 0.3) is 10.2 Å². The Morgan fingerprint density at radius 2 is 1.57 bits per heavy atom. The van der Waals surface area contributed by atoms with Gasteiger partial charge in [0, 0.05) is 29.9 Å². The highest BCUT2D eigenvalue weighted by atomic mass is 33.5. The molecule has 0 N–H and O–H groups in total. The lowest BCUT2D eigenvalue weighted by Gasteiger charge is -2.31. The Hall–Kier alpha value is -0.523. The molecular formula is C21H27NO3S4Si. The van der Waals surface area contributed by atoms with Gasteiger partial charge in [-0.1, -0.05) is 31.2 Å². The SMILES string of the molecule is CCO[Si](OCC)(OCC)c1c(CC)cccc1SSSc1nc2ccccc2s1. The second-order valence-electron chi connectivity index (χ2n) is 6.18. The second-order valence-corrected chi connectivity index (χ2v) is 13.9. The van der Waals surface area contributed by atoms with E-state index in [-0.39, 0.29) is 0 Å². The fourth-order valence-corrected chi connectivity index (χ4v) is 12.1. The quantitative estimate of drug-likeness (QED) is 0.207. The molecule has 0 unspecified atom stereocenters. The largest absolute Gasteiger partial charge is 0.538 e. The first-order valence-corrected chi connectivity index (χ1v) is 16.1. The van der Waals surface area contributed by atoms with Gasteiger partial charge < -0.3 is 13.3 Å². The Kier molecular flexibility index (Phi) is 9.58. The molecule has 3 aromatic rings. The summed E-state index contributed by atoms with van der Waals surface area (Å²) in [6, 6.07) is 14.7. The van der Waals surface area contributed by atoms with Gasteiger partial charge in [0.25, 0.3) is 0 Å². The van der Waals surface area contributed by atoms with Gasteiger partial charge in [0.05, 0.1) is 10.2 Å². The zero-order chi connectivity index (χ0) is 21.4. The van der Waals surface area contributed by atoms with Crippen molar-refractivity contribution in [1.82, 2.24) is 4.98 Å². The molecule has 0 amide bonds. The number of hydrogen-bond donors (Lipinski definition) is 0. The van der Waals surface area contributed by atoms with Crippen LogP contribution in [0, 0.1) is 0 Å². The standard InChI is InChI=1S/C21H27NO3S4Si/c1-5-16-12-11-15-19(20(16)30(23-6-2,24-7-3)25-8-4)27-29-28-21-22-17-13-9-10-14-18(17)26-21/h9-15H,5-8H2,1-4H3. The smallest absolute Gasteiger partial charge is 0.370 e. The van der Waals surface area contributed by atoms with Crippen LogP contribution in [0.2, 0.25) is 0 Å². The van der Waals surface area contributed by atoms with Crippen LogP contribution in [0.15, 0.2) is 51.7 Å². The summed E-state index contributed by atoms with van der Waals surface area (Å²) in [6.07, 6.45) is 0.904. The maximum Gasteiger partial charge on any atom is 0.538 e. The molecule has 0 radical (unpaired) electrons. The Morgan fingerprint density at radius 3 is 2.20 bits per heavy atom. The minimum atomic E-state index is -2.99. The molecule has 0 saturated heterocycles. The van der Waals surface area contributed by atoms with Gasteiger partial charge in [-0.3, -0.25) is 0 Å². The van der Waals surface area contributed by atoms with Crippen LogP contribution < -0.4 is 5.19 Å². The molecule has 1 heterocycles. The average molecular weight is 498 g/mol. The van der Waals surface area contributed by atoms with Gasteiger partial charge in [-0.2, -0.15) is 0 Å². The molecular weight excluding hydrogens is 471 g/mol. The highest BCUT2D eigenvalue weighted by Crippen LogP contribution is 2.46. The van der Waals surface area contributed by atoms with E-state index in [4.69, 9.17) is 18.3 Å². The summed E-state index contributed by atoms with van der Waals surface area (Å²) in [7, 11) is 2.14. The predicted molar refractivity (Wildman–Crippen MR) is 135 cm³/mol. The molecule has 0 atom stereocenters. The van der Waals surface area contributed by atoms with E-state index in [9.17, 15) is 0 Å². The number of hydrogen-bond acceptors (Lipinski definition) is 8. The van der Waals surface area contributed by atoms with Gasteiger partial charge in [-0.15, -0.1) is 11.3 Å². The van der Waals surface area contributed by atoms with Crippen LogP contribution in [-0.4, -0.2) is 33.6 Å². The third kappa shape index (κ3) is 5.63. The zero-order valence-corrected chi connectivity index (χ0v) is 21.9. The summed E-state index contributed by atoms with van der Waals surface area (Å²) in [5.74, 6) is 0. The summed E-state index contributed by atoms with van der Waals surface area (Å²) in [5, 5.41) is 1.11. The number of benzene rings is 2. The van der Waals surface area contributed by atoms with E-state index >= 15 is 0 Å². The summed E-state index contributed by atoms with van der Waals surface area (Å²) >= 11 is 1.73. The molecule has 3 rings (SSSR count). The van der Waals surface area contributed by atoms with Crippen LogP contribution in [0.1, 0.15) is 33.3 Å². The first-order chi connectivity index (χ1) is 14.7. The maximum absolute atomic E-state index is 6.24. The Morgan fingerprint density at radius 1 is 0.867 bits per heavy atom. The molecule has 30 heavy (non-hydrogen) atoms. The van der Waals surface area contributed by atoms with Crippen LogP contribution in [-0.2, 0) is 19.7 Å². The van der Waals surface area contributed by atoms with Gasteiger partial charge in [0.2, 0.25) is 0 Å². The summed E-state index contributed by atoms with van der Waals surface area (Å²) in [5.41, 5.74) is 2.28. The van der Waals surface area contributed by atoms with E-state index in [1.165, 1.54) is 10.3 Å². The number of fused-ring (bicyclic) bond motifs is 1. The first-order valence-electron chi connectivity index (χ1n) is 10.1. The van der Waals surface area contributed by atoms with Gasteiger partial charge in [-0.05, 0) is 82.4 Å². The van der Waals surface area contributed by atoms with Gasteiger partial charge in [-0.25, -0.2) is 4.98 Å². The van der Waals surface area contributed by atoms with Crippen molar-refractivity contribution >= 4 is 67.0 Å². The third-order valence-electron chi connectivity index (χ3n) is 4.31. The monoisotopic (exact) mass is 497 g/mol. The molecule has 1 aromatic heterocycles. The molecule has 0 spiro atoms. The molecule has 9 heteroatoms. The number of thiazole rings is 1. The summed E-state index contributed by atoms with van der Waals surface area (Å²) in [6.45, 7) is 9.84. The highest BCUT2D eigenvalue weighted by molar-refractivity contribution is 9.09. The predicted octanol–water partition coefficient (Wildman–Crippen LogP) is 6.56. The average Bonchev–Trinajstić information content (AvgIpc) is 3.17. The van der Waals surface area contributed by atoms with E-state index in [1.807, 2.05) is 26.8 Å². The van der Waals surface area contributed by atoms with Crippen LogP contribution in [0.4, 0.5) is 0 Å². The van der Waals surface area contributed by atoms with Crippen molar-refractivity contribution in [2.24, 2.45) is 0 Å². The summed E-state index contributed by atoms with van der Waals surface area (Å²) < 4.78 is 21.0. The lowest BCUT2D eigenvalue weighted by molar-refractivity contribution is 0.0852. The normalized spacial score (nSPS) is 12.0. The number of rotatable bonds is 12. The van der Waals surface area contributed by atoms with Crippen molar-refractivity contribution in [2.75, 3.05) is 19.8 Å². The van der Waals surface area contributed by atoms with Crippen molar-refractivity contribution in [3.63, 3.8) is 0 Å². The van der Waals surface area contributed by atoms with Gasteiger partial charge >= 0.3 is 8.80 Å². The third-order valence-corrected chi connectivity index (χ3v) is 12.9. The Bertz CT molecular complexity index is 903. The number of para-hydroxylation sites is 1. The van der Waals surface area contributed by atoms with Crippen molar-refractivity contribution in [3.8, 4) is 0 Å². The lowest BCUT2D eigenvalue weighted by Crippen LogP contribution is -2.58. The lowest BCUT2D eigenvalue weighted by atomic mass is 10.2. The molecule has 0 aliphatic rings. The number of aryl methyl sites for hydroxylation is 1. The summed E-state index contributed by atoms with van der Waals surface area (Å²) in [4.78, 5) is 5.87. The van der Waals surface area contributed by atoms with E-state index in [0.29, 0.717) is 19.8 Å². The molecule has 0 saturated carbocycles. The molecule has 162 valence electrons. The fraction of sp³-hybridized carbons (Fsp3) is 0.381. The minimum Gasteiger partial charge on any atom is -0.370 e. The maximum atomic E-state index is 6.24. The van der Waals surface area contributed by atoms with Crippen molar-refractivity contribution in [2.45, 2.75) is 43.4 Å². The zero-order valence-electron chi connectivity index (χ0n) is 17.7. The van der Waals surface area contributed by atoms with Gasteiger partial charge in [0.1, 0.15) is 0 Å². The van der Waals surface area contributed by atoms with E-state index < -0.39 is 8.80 Å². The van der Waals surface area contributed by atoms with E-state index in [1.54, 1.807) is 42.8 Å². The highest BCUT2D eigenvalue weighted by Gasteiger charge is 2.46. The number of aromatic nitrogens is 1. The van der Waals surface area contributed by atoms with Crippen molar-refractivity contribution < 1.29 is 13.3 Å². The minimum absolute atomic E-state index is 0.558. The first kappa shape index (κ1) is 24.1. The molecule has 2 aromatic carbocycles. The Labute approximate surface area is 195 Å². The van der Waals surface area contributed by atoms with E-state index in [0.717, 1.165) is 26.4 Å². The second kappa shape index (κ2) is 11.9. The van der Waals surface area contributed by atoms with E-state index in [2.05, 4.69) is 43.3 Å². The van der Waals surface area contributed by atoms with Crippen LogP contribution in [0.5, 0.6) is 0 Å². The molecule has 4 nitrogen and oxygen atoms in total. The van der Waals surface area contributed by atoms with Crippen molar-refractivity contribution in [1.29, 1.82) is 0 Å². The van der Waals surface area contributed by atoms with Crippen molar-refractivity contribution in [3.05, 3.63) is 48.0 Å².